The monoisotopic (exact) mass is 470 g/mol. The minimum atomic E-state index is -0.612. The summed E-state index contributed by atoms with van der Waals surface area (Å²) in [6.07, 6.45) is 6.61. The molecular weight excluding hydrogens is 444 g/mol. The summed E-state index contributed by atoms with van der Waals surface area (Å²) in [4.78, 5) is 42.8. The molecule has 2 aromatic rings. The van der Waals surface area contributed by atoms with E-state index in [0.29, 0.717) is 18.0 Å². The van der Waals surface area contributed by atoms with Crippen LogP contribution >= 0.6 is 11.6 Å². The van der Waals surface area contributed by atoms with Crippen LogP contribution in [0.15, 0.2) is 45.5 Å². The molecule has 9 nitrogen and oxygen atoms in total. The number of carbonyl (C=O) groups excluding carboxylic acids is 1. The maximum Gasteiger partial charge on any atom is 0.411 e. The van der Waals surface area contributed by atoms with Crippen molar-refractivity contribution < 1.29 is 9.53 Å². The molecule has 0 radical (unpaired) electrons. The number of aromatic nitrogens is 3. The van der Waals surface area contributed by atoms with Crippen molar-refractivity contribution in [2.75, 3.05) is 11.9 Å². The number of ether oxygens (including phenoxy) is 1. The van der Waals surface area contributed by atoms with E-state index < -0.39 is 6.09 Å². The molecule has 0 aromatic carbocycles. The van der Waals surface area contributed by atoms with E-state index in [-0.39, 0.29) is 41.1 Å². The van der Waals surface area contributed by atoms with Gasteiger partial charge in [-0.05, 0) is 57.1 Å². The molecule has 1 fully saturated rings. The van der Waals surface area contributed by atoms with Crippen LogP contribution in [0.2, 0.25) is 5.15 Å². The van der Waals surface area contributed by atoms with Crippen LogP contribution in [0.1, 0.15) is 46.1 Å². The Labute approximate surface area is 197 Å². The Balaban J connectivity index is 1.56. The van der Waals surface area contributed by atoms with Gasteiger partial charge in [-0.2, -0.15) is 0 Å². The number of carbonyl (C=O) groups is 1. The van der Waals surface area contributed by atoms with Gasteiger partial charge in [0.2, 0.25) is 5.82 Å². The van der Waals surface area contributed by atoms with Gasteiger partial charge in [0.1, 0.15) is 11.8 Å². The van der Waals surface area contributed by atoms with E-state index in [1.807, 2.05) is 6.92 Å². The maximum atomic E-state index is 13.3. The van der Waals surface area contributed by atoms with Crippen molar-refractivity contribution in [2.24, 2.45) is 21.8 Å². The van der Waals surface area contributed by atoms with Crippen molar-refractivity contribution in [1.82, 2.24) is 14.5 Å². The molecule has 3 atom stereocenters. The van der Waals surface area contributed by atoms with Crippen molar-refractivity contribution in [2.45, 2.75) is 52.1 Å². The van der Waals surface area contributed by atoms with Crippen molar-refractivity contribution in [1.29, 1.82) is 0 Å². The molecule has 3 unspecified atom stereocenters. The zero-order valence-corrected chi connectivity index (χ0v) is 19.6. The topological polar surface area (TPSA) is 111 Å². The average molecular weight is 471 g/mol. The molecule has 174 valence electrons. The molecule has 1 amide bonds. The van der Waals surface area contributed by atoms with E-state index in [2.05, 4.69) is 39.1 Å². The van der Waals surface area contributed by atoms with Gasteiger partial charge in [-0.3, -0.25) is 20.1 Å². The first kappa shape index (κ1) is 23.1. The fraction of sp³-hybridized carbons (Fsp3) is 0.478. The van der Waals surface area contributed by atoms with Crippen molar-refractivity contribution >= 4 is 40.6 Å². The Hall–Kier alpha value is -3.07. The van der Waals surface area contributed by atoms with Crippen LogP contribution in [0.4, 0.5) is 16.3 Å². The fourth-order valence-electron chi connectivity index (χ4n) is 3.85. The number of rotatable bonds is 6. The lowest BCUT2D eigenvalue weighted by Gasteiger charge is -2.24. The minimum absolute atomic E-state index is 0.0271. The maximum absolute atomic E-state index is 13.3. The molecule has 2 aliphatic rings. The summed E-state index contributed by atoms with van der Waals surface area (Å²) < 4.78 is 6.94. The van der Waals surface area contributed by atoms with E-state index in [0.717, 1.165) is 24.3 Å². The Bertz CT molecular complexity index is 1140. The Morgan fingerprint density at radius 3 is 2.88 bits per heavy atom. The van der Waals surface area contributed by atoms with E-state index in [4.69, 9.17) is 16.3 Å². The number of aliphatic imine (C=N–C) groups is 2. The predicted octanol–water partition coefficient (Wildman–Crippen LogP) is 4.45. The van der Waals surface area contributed by atoms with Crippen molar-refractivity contribution in [3.8, 4) is 0 Å². The Morgan fingerprint density at radius 1 is 1.39 bits per heavy atom. The summed E-state index contributed by atoms with van der Waals surface area (Å²) in [6, 6.07) is 3.28. The van der Waals surface area contributed by atoms with Crippen molar-refractivity contribution in [3.63, 3.8) is 0 Å². The average Bonchev–Trinajstić information content (AvgIpc) is 3.61. The standard InChI is InChI=1S/C23H27ClN6O3/c1-13-9-18(15(3)26-14(13)2)28-21-22(31)30(11-20(24)29-21)19(16-6-7-16)12-33-23(32)27-17-5-4-8-25-10-17/h4-5,8,10-11,13-14,16,19H,6-7,9,12H2,1-3H3,(H,27,32). The van der Waals surface area contributed by atoms with Crippen LogP contribution in [0.25, 0.3) is 0 Å². The number of hydrogen-bond donors (Lipinski definition) is 1. The van der Waals surface area contributed by atoms with Crippen molar-refractivity contribution in [3.05, 3.63) is 46.2 Å². The number of nitrogens with one attached hydrogen (secondary N) is 1. The number of halogens is 1. The second-order valence-electron chi connectivity index (χ2n) is 8.66. The smallest absolute Gasteiger partial charge is 0.411 e. The lowest BCUT2D eigenvalue weighted by Crippen LogP contribution is -2.32. The van der Waals surface area contributed by atoms with E-state index in [9.17, 15) is 9.59 Å². The second kappa shape index (κ2) is 9.82. The van der Waals surface area contributed by atoms with Crippen LogP contribution in [0.5, 0.6) is 0 Å². The molecule has 0 spiro atoms. The third-order valence-electron chi connectivity index (χ3n) is 6.10. The predicted molar refractivity (Wildman–Crippen MR) is 128 cm³/mol. The first-order valence-electron chi connectivity index (χ1n) is 11.1. The van der Waals surface area contributed by atoms with Gasteiger partial charge in [0.05, 0.1) is 35.4 Å². The van der Waals surface area contributed by atoms with Gasteiger partial charge in [-0.25, -0.2) is 14.8 Å². The first-order valence-corrected chi connectivity index (χ1v) is 11.4. The molecule has 2 aromatic heterocycles. The Kier molecular flexibility index (Phi) is 6.88. The Morgan fingerprint density at radius 2 is 2.18 bits per heavy atom. The van der Waals surface area contributed by atoms with Crippen LogP contribution in [-0.2, 0) is 4.74 Å². The highest BCUT2D eigenvalue weighted by Crippen LogP contribution is 2.39. The third-order valence-corrected chi connectivity index (χ3v) is 6.28. The second-order valence-corrected chi connectivity index (χ2v) is 9.05. The van der Waals surface area contributed by atoms with Gasteiger partial charge in [0, 0.05) is 12.4 Å². The number of anilines is 1. The summed E-state index contributed by atoms with van der Waals surface area (Å²) in [5.41, 5.74) is 1.72. The molecule has 0 saturated heterocycles. The number of amides is 1. The molecule has 1 aliphatic heterocycles. The highest BCUT2D eigenvalue weighted by atomic mass is 35.5. The SMILES string of the molecule is CC1=NC(C)C(C)CC1=Nc1nc(Cl)cn(C(COC(=O)Nc2cccnc2)C2CC2)c1=O. The largest absolute Gasteiger partial charge is 0.447 e. The van der Waals surface area contributed by atoms with Crippen LogP contribution in [0, 0.1) is 11.8 Å². The number of nitrogens with zero attached hydrogens (tertiary/aromatic N) is 5. The summed E-state index contributed by atoms with van der Waals surface area (Å²) in [5.74, 6) is 0.561. The molecule has 10 heteroatoms. The molecule has 0 bridgehead atoms. The third kappa shape index (κ3) is 5.65. The summed E-state index contributed by atoms with van der Waals surface area (Å²) in [5, 5.41) is 2.79. The molecule has 4 rings (SSSR count). The zero-order chi connectivity index (χ0) is 23.5. The summed E-state index contributed by atoms with van der Waals surface area (Å²) in [7, 11) is 0. The van der Waals surface area contributed by atoms with Gasteiger partial charge in [-0.1, -0.05) is 18.5 Å². The molecule has 33 heavy (non-hydrogen) atoms. The van der Waals surface area contributed by atoms with Gasteiger partial charge in [0.25, 0.3) is 5.56 Å². The van der Waals surface area contributed by atoms with Gasteiger partial charge in [-0.15, -0.1) is 0 Å². The lowest BCUT2D eigenvalue weighted by atomic mass is 9.92. The fourth-order valence-corrected chi connectivity index (χ4v) is 4.03. The number of hydrogen-bond acceptors (Lipinski definition) is 7. The van der Waals surface area contributed by atoms with Crippen LogP contribution in [0.3, 0.4) is 0 Å². The lowest BCUT2D eigenvalue weighted by molar-refractivity contribution is 0.135. The van der Waals surface area contributed by atoms with Gasteiger partial charge >= 0.3 is 6.09 Å². The molecule has 1 aliphatic carbocycles. The highest BCUT2D eigenvalue weighted by Gasteiger charge is 2.35. The van der Waals surface area contributed by atoms with Gasteiger partial charge in [0.15, 0.2) is 0 Å². The molecular formula is C23H27ClN6O3. The van der Waals surface area contributed by atoms with E-state index >= 15 is 0 Å². The van der Waals surface area contributed by atoms with Gasteiger partial charge < -0.3 is 9.30 Å². The normalized spacial score (nSPS) is 22.5. The van der Waals surface area contributed by atoms with Crippen LogP contribution < -0.4 is 10.9 Å². The highest BCUT2D eigenvalue weighted by molar-refractivity contribution is 6.42. The molecule has 1 N–H and O–H groups in total. The number of pyridine rings is 1. The first-order chi connectivity index (χ1) is 15.8. The molecule has 1 saturated carbocycles. The quantitative estimate of drug-likeness (QED) is 0.670. The minimum Gasteiger partial charge on any atom is -0.447 e. The molecule has 3 heterocycles. The summed E-state index contributed by atoms with van der Waals surface area (Å²) >= 11 is 6.27. The van der Waals surface area contributed by atoms with E-state index in [1.54, 1.807) is 18.3 Å². The van der Waals surface area contributed by atoms with Crippen LogP contribution in [-0.4, -0.2) is 44.7 Å². The van der Waals surface area contributed by atoms with E-state index in [1.165, 1.54) is 17.0 Å². The summed E-state index contributed by atoms with van der Waals surface area (Å²) in [6.45, 7) is 6.10. The zero-order valence-electron chi connectivity index (χ0n) is 18.9.